The Bertz CT molecular complexity index is 541. The van der Waals surface area contributed by atoms with Gasteiger partial charge in [-0.05, 0) is 31.0 Å². The highest BCUT2D eigenvalue weighted by atomic mass is 35.5. The highest BCUT2D eigenvalue weighted by Crippen LogP contribution is 2.28. The standard InChI is InChI=1S/C15H20ClN3O2/c1-19(14(21)15(17)7-2-3-8-15)10-13(20)18-12-6-4-5-11(16)9-12/h4-6,9H,2-3,7-8,10,17H2,1H3,(H,18,20). The summed E-state index contributed by atoms with van der Waals surface area (Å²) in [6.45, 7) is -0.0235. The van der Waals surface area contributed by atoms with Crippen LogP contribution in [0, 0.1) is 0 Å². The molecule has 3 N–H and O–H groups in total. The van der Waals surface area contributed by atoms with Gasteiger partial charge in [0, 0.05) is 17.8 Å². The van der Waals surface area contributed by atoms with Gasteiger partial charge in [-0.25, -0.2) is 0 Å². The number of carbonyl (C=O) groups excluding carboxylic acids is 2. The number of rotatable bonds is 4. The SMILES string of the molecule is CN(CC(=O)Nc1cccc(Cl)c1)C(=O)C1(N)CCCC1. The van der Waals surface area contributed by atoms with Crippen LogP contribution in [0.1, 0.15) is 25.7 Å². The van der Waals surface area contributed by atoms with Gasteiger partial charge in [-0.3, -0.25) is 9.59 Å². The number of nitrogens with zero attached hydrogens (tertiary/aromatic N) is 1. The van der Waals surface area contributed by atoms with Crippen LogP contribution in [-0.4, -0.2) is 35.8 Å². The predicted octanol–water partition coefficient (Wildman–Crippen LogP) is 2.01. The molecule has 2 rings (SSSR count). The van der Waals surface area contributed by atoms with Crippen molar-refractivity contribution in [3.05, 3.63) is 29.3 Å². The molecule has 0 bridgehead atoms. The van der Waals surface area contributed by atoms with Crippen LogP contribution in [0.15, 0.2) is 24.3 Å². The second-order valence-corrected chi connectivity index (χ2v) is 6.02. The summed E-state index contributed by atoms with van der Waals surface area (Å²) in [4.78, 5) is 25.7. The summed E-state index contributed by atoms with van der Waals surface area (Å²) < 4.78 is 0. The number of hydrogen-bond acceptors (Lipinski definition) is 3. The van der Waals surface area contributed by atoms with E-state index in [1.807, 2.05) is 0 Å². The summed E-state index contributed by atoms with van der Waals surface area (Å²) in [5.74, 6) is -0.434. The molecule has 1 fully saturated rings. The molecule has 0 heterocycles. The second kappa shape index (κ2) is 6.45. The molecule has 1 saturated carbocycles. The maximum atomic E-state index is 12.3. The fraction of sp³-hybridized carbons (Fsp3) is 0.467. The third kappa shape index (κ3) is 3.95. The van der Waals surface area contributed by atoms with E-state index in [1.165, 1.54) is 4.90 Å². The lowest BCUT2D eigenvalue weighted by atomic mass is 9.97. The number of amides is 2. The average molecular weight is 310 g/mol. The Morgan fingerprint density at radius 3 is 2.67 bits per heavy atom. The first-order valence-electron chi connectivity index (χ1n) is 7.00. The maximum absolute atomic E-state index is 12.3. The van der Waals surface area contributed by atoms with E-state index in [2.05, 4.69) is 5.32 Å². The number of anilines is 1. The Kier molecular flexibility index (Phi) is 4.85. The van der Waals surface area contributed by atoms with Crippen molar-refractivity contribution in [2.24, 2.45) is 5.73 Å². The van der Waals surface area contributed by atoms with Gasteiger partial charge >= 0.3 is 0 Å². The molecule has 0 saturated heterocycles. The number of nitrogens with two attached hydrogens (primary N) is 1. The molecule has 0 aromatic heterocycles. The summed E-state index contributed by atoms with van der Waals surface area (Å²) in [7, 11) is 1.60. The van der Waals surface area contributed by atoms with Crippen molar-refractivity contribution >= 4 is 29.1 Å². The van der Waals surface area contributed by atoms with Crippen molar-refractivity contribution in [2.75, 3.05) is 18.9 Å². The summed E-state index contributed by atoms with van der Waals surface area (Å²) >= 11 is 5.86. The molecule has 0 unspecified atom stereocenters. The largest absolute Gasteiger partial charge is 0.335 e. The molecule has 1 aromatic carbocycles. The van der Waals surface area contributed by atoms with Crippen LogP contribution in [0.25, 0.3) is 0 Å². The smallest absolute Gasteiger partial charge is 0.243 e. The summed E-state index contributed by atoms with van der Waals surface area (Å²) in [6, 6.07) is 6.88. The average Bonchev–Trinajstić information content (AvgIpc) is 2.85. The van der Waals surface area contributed by atoms with Crippen molar-refractivity contribution in [3.63, 3.8) is 0 Å². The molecule has 1 aliphatic carbocycles. The Hall–Kier alpha value is -1.59. The lowest BCUT2D eigenvalue weighted by Gasteiger charge is -2.28. The van der Waals surface area contributed by atoms with Crippen molar-refractivity contribution in [3.8, 4) is 0 Å². The third-order valence-electron chi connectivity index (χ3n) is 3.76. The van der Waals surface area contributed by atoms with Crippen LogP contribution in [0.4, 0.5) is 5.69 Å². The predicted molar refractivity (Wildman–Crippen MR) is 83.1 cm³/mol. The number of benzene rings is 1. The molecular formula is C15H20ClN3O2. The van der Waals surface area contributed by atoms with Gasteiger partial charge in [0.05, 0.1) is 12.1 Å². The van der Waals surface area contributed by atoms with E-state index in [0.717, 1.165) is 12.8 Å². The minimum atomic E-state index is -0.801. The topological polar surface area (TPSA) is 75.4 Å². The monoisotopic (exact) mass is 309 g/mol. The van der Waals surface area contributed by atoms with Crippen LogP contribution in [0.2, 0.25) is 5.02 Å². The second-order valence-electron chi connectivity index (χ2n) is 5.58. The van der Waals surface area contributed by atoms with Crippen LogP contribution in [-0.2, 0) is 9.59 Å². The lowest BCUT2D eigenvalue weighted by molar-refractivity contribution is -0.138. The molecule has 5 nitrogen and oxygen atoms in total. The lowest BCUT2D eigenvalue weighted by Crippen LogP contribution is -2.53. The molecule has 6 heteroatoms. The van der Waals surface area contributed by atoms with Crippen LogP contribution in [0.3, 0.4) is 0 Å². The van der Waals surface area contributed by atoms with Crippen molar-refractivity contribution in [1.82, 2.24) is 4.90 Å². The van der Waals surface area contributed by atoms with Gasteiger partial charge in [-0.15, -0.1) is 0 Å². The third-order valence-corrected chi connectivity index (χ3v) is 3.99. The molecular weight excluding hydrogens is 290 g/mol. The van der Waals surface area contributed by atoms with E-state index in [-0.39, 0.29) is 18.4 Å². The molecule has 0 spiro atoms. The van der Waals surface area contributed by atoms with E-state index in [0.29, 0.717) is 23.6 Å². The zero-order valence-corrected chi connectivity index (χ0v) is 12.8. The molecule has 114 valence electrons. The first kappa shape index (κ1) is 15.8. The number of nitrogens with one attached hydrogen (secondary N) is 1. The zero-order chi connectivity index (χ0) is 15.5. The van der Waals surface area contributed by atoms with Gasteiger partial charge in [0.1, 0.15) is 0 Å². The summed E-state index contributed by atoms with van der Waals surface area (Å²) in [5.41, 5.74) is 5.92. The fourth-order valence-corrected chi connectivity index (χ4v) is 2.84. The Labute approximate surface area is 129 Å². The van der Waals surface area contributed by atoms with Crippen LogP contribution in [0.5, 0.6) is 0 Å². The van der Waals surface area contributed by atoms with Gasteiger partial charge in [0.2, 0.25) is 11.8 Å². The molecule has 0 atom stereocenters. The van der Waals surface area contributed by atoms with Gasteiger partial charge < -0.3 is 16.0 Å². The van der Waals surface area contributed by atoms with Gasteiger partial charge in [0.25, 0.3) is 0 Å². The van der Waals surface area contributed by atoms with Crippen LogP contribution < -0.4 is 11.1 Å². The Morgan fingerprint density at radius 1 is 1.38 bits per heavy atom. The zero-order valence-electron chi connectivity index (χ0n) is 12.1. The van der Waals surface area contributed by atoms with Gasteiger partial charge in [-0.2, -0.15) is 0 Å². The van der Waals surface area contributed by atoms with E-state index >= 15 is 0 Å². The minimum absolute atomic E-state index is 0.0235. The maximum Gasteiger partial charge on any atom is 0.243 e. The number of likely N-dealkylation sites (N-methyl/N-ethyl adjacent to an activating group) is 1. The van der Waals surface area contributed by atoms with Crippen molar-refractivity contribution < 1.29 is 9.59 Å². The van der Waals surface area contributed by atoms with E-state index in [4.69, 9.17) is 17.3 Å². The quantitative estimate of drug-likeness (QED) is 0.893. The van der Waals surface area contributed by atoms with Crippen molar-refractivity contribution in [1.29, 1.82) is 0 Å². The van der Waals surface area contributed by atoms with E-state index in [9.17, 15) is 9.59 Å². The van der Waals surface area contributed by atoms with E-state index in [1.54, 1.807) is 31.3 Å². The Morgan fingerprint density at radius 2 is 2.05 bits per heavy atom. The molecule has 1 aliphatic rings. The fourth-order valence-electron chi connectivity index (χ4n) is 2.65. The van der Waals surface area contributed by atoms with E-state index < -0.39 is 5.54 Å². The highest BCUT2D eigenvalue weighted by Gasteiger charge is 2.39. The molecule has 21 heavy (non-hydrogen) atoms. The first-order chi connectivity index (χ1) is 9.90. The Balaban J connectivity index is 1.91. The van der Waals surface area contributed by atoms with Gasteiger partial charge in [0.15, 0.2) is 0 Å². The number of halogens is 1. The molecule has 0 radical (unpaired) electrons. The molecule has 1 aromatic rings. The molecule has 0 aliphatic heterocycles. The normalized spacial score (nSPS) is 16.5. The molecule has 2 amide bonds. The number of hydrogen-bond donors (Lipinski definition) is 2. The van der Waals surface area contributed by atoms with Crippen molar-refractivity contribution in [2.45, 2.75) is 31.2 Å². The summed E-state index contributed by atoms with van der Waals surface area (Å²) in [5, 5.41) is 3.26. The van der Waals surface area contributed by atoms with Crippen LogP contribution >= 0.6 is 11.6 Å². The minimum Gasteiger partial charge on any atom is -0.335 e. The first-order valence-corrected chi connectivity index (χ1v) is 7.38. The highest BCUT2D eigenvalue weighted by molar-refractivity contribution is 6.30. The summed E-state index contributed by atoms with van der Waals surface area (Å²) in [6.07, 6.45) is 3.30. The van der Waals surface area contributed by atoms with Gasteiger partial charge in [-0.1, -0.05) is 30.5 Å². The number of carbonyl (C=O) groups is 2.